The zero-order valence-corrected chi connectivity index (χ0v) is 12.3. The second-order valence-corrected chi connectivity index (χ2v) is 6.67. The summed E-state index contributed by atoms with van der Waals surface area (Å²) >= 11 is 4.09. The first kappa shape index (κ1) is 14.0. The molecule has 1 aliphatic rings. The quantitative estimate of drug-likeness (QED) is 0.897. The molecule has 1 atom stereocenters. The summed E-state index contributed by atoms with van der Waals surface area (Å²) in [6.45, 7) is 2.98. The fraction of sp³-hybridized carbons (Fsp3) is 0.615. The summed E-state index contributed by atoms with van der Waals surface area (Å²) in [6, 6.07) is 4.46. The van der Waals surface area contributed by atoms with E-state index >= 15 is 0 Å². The first-order chi connectivity index (χ1) is 8.84. The Kier molecular flexibility index (Phi) is 6.17. The van der Waals surface area contributed by atoms with Gasteiger partial charge < -0.3 is 10.1 Å². The van der Waals surface area contributed by atoms with E-state index in [0.717, 1.165) is 12.3 Å². The number of nitrogens with one attached hydrogen (secondary N) is 1. The standard InChI is InChI=1S/C13H20N2OS2/c1-11(16-13-3-2-4-14-8-13)7-15-12-9-17-5-6-18-10-12/h2-4,8,11-12,15H,5-7,9-10H2,1H3/t11-/m0/s1. The predicted octanol–water partition coefficient (Wildman–Crippen LogP) is 2.29. The van der Waals surface area contributed by atoms with Gasteiger partial charge in [-0.05, 0) is 19.1 Å². The lowest BCUT2D eigenvalue weighted by atomic mass is 10.3. The van der Waals surface area contributed by atoms with Gasteiger partial charge in [0, 0.05) is 41.8 Å². The molecule has 1 aromatic rings. The molecule has 1 fully saturated rings. The minimum Gasteiger partial charge on any atom is -0.488 e. The first-order valence-corrected chi connectivity index (χ1v) is 8.61. The molecule has 100 valence electrons. The Morgan fingerprint density at radius 3 is 2.89 bits per heavy atom. The normalized spacial score (nSPS) is 19.2. The highest BCUT2D eigenvalue weighted by Crippen LogP contribution is 2.16. The van der Waals surface area contributed by atoms with Crippen LogP contribution in [-0.4, -0.2) is 46.7 Å². The van der Waals surface area contributed by atoms with Crippen LogP contribution in [0.15, 0.2) is 24.5 Å². The van der Waals surface area contributed by atoms with Crippen molar-refractivity contribution >= 4 is 23.5 Å². The molecular formula is C13H20N2OS2. The third-order valence-electron chi connectivity index (χ3n) is 2.68. The molecule has 1 aromatic heterocycles. The minimum atomic E-state index is 0.174. The Morgan fingerprint density at radius 1 is 1.44 bits per heavy atom. The summed E-state index contributed by atoms with van der Waals surface area (Å²) in [6.07, 6.45) is 3.69. The number of rotatable bonds is 5. The zero-order chi connectivity index (χ0) is 12.6. The summed E-state index contributed by atoms with van der Waals surface area (Å²) < 4.78 is 5.80. The molecule has 2 heterocycles. The van der Waals surface area contributed by atoms with Gasteiger partial charge in [0.2, 0.25) is 0 Å². The van der Waals surface area contributed by atoms with Gasteiger partial charge in [0.15, 0.2) is 0 Å². The Morgan fingerprint density at radius 2 is 2.22 bits per heavy atom. The molecule has 1 N–H and O–H groups in total. The van der Waals surface area contributed by atoms with Crippen molar-refractivity contribution in [2.45, 2.75) is 19.1 Å². The van der Waals surface area contributed by atoms with E-state index < -0.39 is 0 Å². The summed E-state index contributed by atoms with van der Waals surface area (Å²) in [5.41, 5.74) is 0. The maximum atomic E-state index is 5.80. The lowest BCUT2D eigenvalue weighted by molar-refractivity contribution is 0.213. The Bertz CT molecular complexity index is 329. The summed E-state index contributed by atoms with van der Waals surface area (Å²) in [5.74, 6) is 5.84. The Hall–Kier alpha value is -0.390. The fourth-order valence-corrected chi connectivity index (χ4v) is 4.22. The van der Waals surface area contributed by atoms with Crippen molar-refractivity contribution in [3.8, 4) is 5.75 Å². The molecule has 0 spiro atoms. The second kappa shape index (κ2) is 7.92. The van der Waals surface area contributed by atoms with Crippen molar-refractivity contribution in [1.82, 2.24) is 10.3 Å². The Balaban J connectivity index is 1.69. The van der Waals surface area contributed by atoms with Gasteiger partial charge in [-0.25, -0.2) is 0 Å². The van der Waals surface area contributed by atoms with Crippen molar-refractivity contribution in [2.24, 2.45) is 0 Å². The van der Waals surface area contributed by atoms with Crippen LogP contribution in [0.5, 0.6) is 5.75 Å². The van der Waals surface area contributed by atoms with Crippen molar-refractivity contribution in [3.05, 3.63) is 24.5 Å². The van der Waals surface area contributed by atoms with Crippen molar-refractivity contribution < 1.29 is 4.74 Å². The summed E-state index contributed by atoms with van der Waals surface area (Å²) in [5, 5.41) is 3.59. The van der Waals surface area contributed by atoms with Crippen LogP contribution < -0.4 is 10.1 Å². The van der Waals surface area contributed by atoms with E-state index in [1.165, 1.54) is 23.0 Å². The topological polar surface area (TPSA) is 34.1 Å². The van der Waals surface area contributed by atoms with Crippen molar-refractivity contribution in [3.63, 3.8) is 0 Å². The van der Waals surface area contributed by atoms with Gasteiger partial charge in [-0.15, -0.1) is 0 Å². The molecule has 0 amide bonds. The molecule has 0 saturated carbocycles. The van der Waals surface area contributed by atoms with Gasteiger partial charge in [-0.2, -0.15) is 23.5 Å². The minimum absolute atomic E-state index is 0.174. The predicted molar refractivity (Wildman–Crippen MR) is 80.8 cm³/mol. The number of ether oxygens (including phenoxy) is 1. The van der Waals surface area contributed by atoms with E-state index in [2.05, 4.69) is 17.2 Å². The smallest absolute Gasteiger partial charge is 0.138 e. The molecule has 1 aliphatic heterocycles. The van der Waals surface area contributed by atoms with E-state index in [-0.39, 0.29) is 6.10 Å². The number of nitrogens with zero attached hydrogens (tertiary/aromatic N) is 1. The number of thioether (sulfide) groups is 2. The number of hydrogen-bond acceptors (Lipinski definition) is 5. The fourth-order valence-electron chi connectivity index (χ4n) is 1.76. The van der Waals surface area contributed by atoms with E-state index in [4.69, 9.17) is 4.74 Å². The highest BCUT2D eigenvalue weighted by Gasteiger charge is 2.13. The SMILES string of the molecule is C[C@@H](CNC1CSCCSC1)Oc1cccnc1. The van der Waals surface area contributed by atoms with Gasteiger partial charge in [0.25, 0.3) is 0 Å². The molecule has 1 saturated heterocycles. The van der Waals surface area contributed by atoms with Crippen LogP contribution in [0.3, 0.4) is 0 Å². The van der Waals surface area contributed by atoms with Crippen LogP contribution in [0.25, 0.3) is 0 Å². The van der Waals surface area contributed by atoms with Crippen LogP contribution in [0.4, 0.5) is 0 Å². The Labute approximate surface area is 117 Å². The second-order valence-electron chi connectivity index (χ2n) is 4.37. The third-order valence-corrected chi connectivity index (χ3v) is 5.20. The highest BCUT2D eigenvalue weighted by molar-refractivity contribution is 8.03. The molecule has 18 heavy (non-hydrogen) atoms. The van der Waals surface area contributed by atoms with Gasteiger partial charge in [0.1, 0.15) is 11.9 Å². The third kappa shape index (κ3) is 5.08. The molecule has 0 unspecified atom stereocenters. The molecule has 0 aromatic carbocycles. The average Bonchev–Trinajstić information content (AvgIpc) is 2.66. The van der Waals surface area contributed by atoms with Crippen LogP contribution >= 0.6 is 23.5 Å². The molecule has 0 radical (unpaired) electrons. The number of hydrogen-bond donors (Lipinski definition) is 1. The van der Waals surface area contributed by atoms with Gasteiger partial charge in [-0.3, -0.25) is 4.98 Å². The van der Waals surface area contributed by atoms with Crippen molar-refractivity contribution in [2.75, 3.05) is 29.6 Å². The highest BCUT2D eigenvalue weighted by atomic mass is 32.2. The zero-order valence-electron chi connectivity index (χ0n) is 10.7. The molecule has 3 nitrogen and oxygen atoms in total. The molecule has 0 bridgehead atoms. The maximum absolute atomic E-state index is 5.80. The monoisotopic (exact) mass is 284 g/mol. The van der Waals surface area contributed by atoms with E-state index in [9.17, 15) is 0 Å². The lowest BCUT2D eigenvalue weighted by Crippen LogP contribution is -2.39. The van der Waals surface area contributed by atoms with E-state index in [0.29, 0.717) is 6.04 Å². The van der Waals surface area contributed by atoms with E-state index in [1.807, 2.05) is 35.7 Å². The number of aromatic nitrogens is 1. The van der Waals surface area contributed by atoms with Gasteiger partial charge in [0.05, 0.1) is 6.20 Å². The van der Waals surface area contributed by atoms with Crippen LogP contribution in [-0.2, 0) is 0 Å². The largest absolute Gasteiger partial charge is 0.488 e. The molecular weight excluding hydrogens is 264 g/mol. The summed E-state index contributed by atoms with van der Waals surface area (Å²) in [7, 11) is 0. The maximum Gasteiger partial charge on any atom is 0.138 e. The van der Waals surface area contributed by atoms with Crippen LogP contribution in [0.1, 0.15) is 6.92 Å². The molecule has 2 rings (SSSR count). The van der Waals surface area contributed by atoms with E-state index in [1.54, 1.807) is 12.4 Å². The summed E-state index contributed by atoms with van der Waals surface area (Å²) in [4.78, 5) is 4.05. The van der Waals surface area contributed by atoms with Crippen LogP contribution in [0.2, 0.25) is 0 Å². The van der Waals surface area contributed by atoms with Crippen molar-refractivity contribution in [1.29, 1.82) is 0 Å². The molecule has 0 aliphatic carbocycles. The van der Waals surface area contributed by atoms with Crippen LogP contribution in [0, 0.1) is 0 Å². The van der Waals surface area contributed by atoms with Gasteiger partial charge in [-0.1, -0.05) is 0 Å². The number of pyridine rings is 1. The average molecular weight is 284 g/mol. The first-order valence-electron chi connectivity index (χ1n) is 6.30. The lowest BCUT2D eigenvalue weighted by Gasteiger charge is -2.20. The van der Waals surface area contributed by atoms with Gasteiger partial charge >= 0.3 is 0 Å². The molecule has 5 heteroatoms.